The van der Waals surface area contributed by atoms with E-state index in [9.17, 15) is 9.59 Å². The molecule has 0 spiro atoms. The van der Waals surface area contributed by atoms with E-state index in [0.29, 0.717) is 19.3 Å². The molecule has 25 heavy (non-hydrogen) atoms. The minimum Gasteiger partial charge on any atom is -0.361 e. The second-order valence-electron chi connectivity index (χ2n) is 6.56. The van der Waals surface area contributed by atoms with Crippen LogP contribution in [0.2, 0.25) is 0 Å². The number of carbonyl (C=O) groups excluding carboxylic acids is 2. The van der Waals surface area contributed by atoms with E-state index in [1.807, 2.05) is 32.9 Å². The lowest BCUT2D eigenvalue weighted by Gasteiger charge is -2.20. The van der Waals surface area contributed by atoms with Gasteiger partial charge in [0.25, 0.3) is 0 Å². The average Bonchev–Trinajstić information content (AvgIpc) is 2.90. The van der Waals surface area contributed by atoms with Crippen molar-refractivity contribution in [3.63, 3.8) is 0 Å². The molecular weight excluding hydrogens is 318 g/mol. The van der Waals surface area contributed by atoms with Crippen LogP contribution in [0.3, 0.4) is 0 Å². The van der Waals surface area contributed by atoms with Crippen LogP contribution in [0.4, 0.5) is 5.69 Å². The van der Waals surface area contributed by atoms with Gasteiger partial charge in [-0.2, -0.15) is 0 Å². The molecule has 3 rings (SSSR count). The lowest BCUT2D eigenvalue weighted by molar-refractivity contribution is -0.121. The molecule has 0 aliphatic carbocycles. The zero-order chi connectivity index (χ0) is 18.0. The van der Waals surface area contributed by atoms with Crippen molar-refractivity contribution in [2.45, 2.75) is 52.5 Å². The van der Waals surface area contributed by atoms with E-state index in [2.05, 4.69) is 21.9 Å². The summed E-state index contributed by atoms with van der Waals surface area (Å²) in [5, 5.41) is 9.82. The molecule has 6 heteroatoms. The van der Waals surface area contributed by atoms with E-state index in [4.69, 9.17) is 4.52 Å². The Balaban J connectivity index is 1.59. The van der Waals surface area contributed by atoms with E-state index >= 15 is 0 Å². The van der Waals surface area contributed by atoms with E-state index in [-0.39, 0.29) is 17.9 Å². The maximum atomic E-state index is 12.3. The van der Waals surface area contributed by atoms with Gasteiger partial charge in [-0.1, -0.05) is 17.3 Å². The summed E-state index contributed by atoms with van der Waals surface area (Å²) in [6.07, 6.45) is 2.26. The molecule has 2 heterocycles. The molecular formula is C19H23N3O3. The lowest BCUT2D eigenvalue weighted by Crippen LogP contribution is -2.27. The molecule has 0 fully saturated rings. The van der Waals surface area contributed by atoms with Gasteiger partial charge < -0.3 is 15.2 Å². The molecule has 1 atom stereocenters. The Bertz CT molecular complexity index is 791. The number of aryl methyl sites for hydroxylation is 3. The van der Waals surface area contributed by atoms with Gasteiger partial charge in [-0.25, -0.2) is 0 Å². The second kappa shape index (κ2) is 7.09. The van der Waals surface area contributed by atoms with Crippen LogP contribution in [0.5, 0.6) is 0 Å². The zero-order valence-electron chi connectivity index (χ0n) is 14.8. The Labute approximate surface area is 147 Å². The Kier molecular flexibility index (Phi) is 4.88. The predicted molar refractivity (Wildman–Crippen MR) is 94.2 cm³/mol. The van der Waals surface area contributed by atoms with Crippen molar-refractivity contribution in [1.29, 1.82) is 0 Å². The molecule has 1 aromatic carbocycles. The molecule has 2 aromatic rings. The summed E-state index contributed by atoms with van der Waals surface area (Å²) in [7, 11) is 0. The van der Waals surface area contributed by atoms with Gasteiger partial charge in [-0.3, -0.25) is 9.59 Å². The third-order valence-electron chi connectivity index (χ3n) is 4.69. The number of rotatable bonds is 5. The van der Waals surface area contributed by atoms with Crippen LogP contribution >= 0.6 is 0 Å². The predicted octanol–water partition coefficient (Wildman–Crippen LogP) is 2.99. The molecule has 0 radical (unpaired) electrons. The fourth-order valence-corrected chi connectivity index (χ4v) is 3.17. The number of aromatic nitrogens is 1. The molecule has 0 unspecified atom stereocenters. The van der Waals surface area contributed by atoms with Gasteiger partial charge in [0.1, 0.15) is 5.76 Å². The maximum absolute atomic E-state index is 12.3. The van der Waals surface area contributed by atoms with Crippen LogP contribution in [-0.2, 0) is 22.4 Å². The molecule has 2 amide bonds. The Morgan fingerprint density at radius 2 is 2.16 bits per heavy atom. The smallest absolute Gasteiger partial charge is 0.224 e. The van der Waals surface area contributed by atoms with E-state index in [0.717, 1.165) is 40.3 Å². The average molecular weight is 341 g/mol. The molecule has 1 aliphatic heterocycles. The third kappa shape index (κ3) is 3.90. The van der Waals surface area contributed by atoms with Gasteiger partial charge in [-0.05, 0) is 50.8 Å². The number of hydrogen-bond acceptors (Lipinski definition) is 4. The third-order valence-corrected chi connectivity index (χ3v) is 4.69. The summed E-state index contributed by atoms with van der Waals surface area (Å²) in [6, 6.07) is 5.84. The number of fused-ring (bicyclic) bond motifs is 1. The highest BCUT2D eigenvalue weighted by atomic mass is 16.5. The number of hydrogen-bond donors (Lipinski definition) is 2. The molecule has 0 bridgehead atoms. The number of anilines is 1. The monoisotopic (exact) mass is 341 g/mol. The number of benzene rings is 1. The van der Waals surface area contributed by atoms with Crippen molar-refractivity contribution < 1.29 is 14.1 Å². The highest BCUT2D eigenvalue weighted by molar-refractivity contribution is 5.93. The fourth-order valence-electron chi connectivity index (χ4n) is 3.17. The first kappa shape index (κ1) is 17.2. The first-order valence-electron chi connectivity index (χ1n) is 8.58. The summed E-state index contributed by atoms with van der Waals surface area (Å²) < 4.78 is 5.13. The van der Waals surface area contributed by atoms with Crippen LogP contribution in [0.25, 0.3) is 0 Å². The molecule has 0 saturated heterocycles. The van der Waals surface area contributed by atoms with Crippen molar-refractivity contribution in [3.8, 4) is 0 Å². The van der Waals surface area contributed by atoms with Crippen molar-refractivity contribution >= 4 is 17.5 Å². The highest BCUT2D eigenvalue weighted by Crippen LogP contribution is 2.26. The van der Waals surface area contributed by atoms with Crippen molar-refractivity contribution in [3.05, 3.63) is 46.3 Å². The van der Waals surface area contributed by atoms with Crippen LogP contribution in [-0.4, -0.2) is 17.0 Å². The quantitative estimate of drug-likeness (QED) is 0.875. The normalized spacial score (nSPS) is 14.6. The van der Waals surface area contributed by atoms with Gasteiger partial charge >= 0.3 is 0 Å². The molecule has 6 nitrogen and oxygen atoms in total. The van der Waals surface area contributed by atoms with Gasteiger partial charge in [0, 0.05) is 24.1 Å². The minimum atomic E-state index is -0.0832. The second-order valence-corrected chi connectivity index (χ2v) is 6.56. The summed E-state index contributed by atoms with van der Waals surface area (Å²) in [6.45, 7) is 5.72. The van der Waals surface area contributed by atoms with Gasteiger partial charge in [0.05, 0.1) is 11.7 Å². The van der Waals surface area contributed by atoms with Gasteiger partial charge in [-0.15, -0.1) is 0 Å². The number of carbonyl (C=O) groups is 2. The van der Waals surface area contributed by atoms with Gasteiger partial charge in [0.2, 0.25) is 11.8 Å². The van der Waals surface area contributed by atoms with Crippen molar-refractivity contribution in [1.82, 2.24) is 10.5 Å². The van der Waals surface area contributed by atoms with Crippen molar-refractivity contribution in [2.75, 3.05) is 5.32 Å². The standard InChI is InChI=1S/C19H23N3O3/c1-11(14-4-7-17-15(10-14)5-8-19(24)21-17)20-18(23)9-6-16-12(2)22-25-13(16)3/h4,7,10-11H,5-6,8-9H2,1-3H3,(H,20,23)(H,21,24)/t11-/m1/s1. The van der Waals surface area contributed by atoms with Crippen LogP contribution < -0.4 is 10.6 Å². The first-order valence-corrected chi connectivity index (χ1v) is 8.58. The molecule has 2 N–H and O–H groups in total. The zero-order valence-corrected chi connectivity index (χ0v) is 14.8. The summed E-state index contributed by atoms with van der Waals surface area (Å²) in [4.78, 5) is 23.7. The SMILES string of the molecule is Cc1noc(C)c1CCC(=O)N[C@H](C)c1ccc2c(c1)CCC(=O)N2. The maximum Gasteiger partial charge on any atom is 0.224 e. The fraction of sp³-hybridized carbons (Fsp3) is 0.421. The summed E-state index contributed by atoms with van der Waals surface area (Å²) in [5.74, 6) is 0.828. The Morgan fingerprint density at radius 1 is 1.36 bits per heavy atom. The van der Waals surface area contributed by atoms with Crippen LogP contribution in [0.1, 0.15) is 54.0 Å². The van der Waals surface area contributed by atoms with Gasteiger partial charge in [0.15, 0.2) is 0 Å². The Morgan fingerprint density at radius 3 is 2.88 bits per heavy atom. The lowest BCUT2D eigenvalue weighted by atomic mass is 9.97. The van der Waals surface area contributed by atoms with Crippen molar-refractivity contribution in [2.24, 2.45) is 0 Å². The topological polar surface area (TPSA) is 84.2 Å². The largest absolute Gasteiger partial charge is 0.361 e. The van der Waals surface area contributed by atoms with E-state index < -0.39 is 0 Å². The molecule has 1 aliphatic rings. The molecule has 0 saturated carbocycles. The first-order chi connectivity index (χ1) is 11.9. The van der Waals surface area contributed by atoms with E-state index in [1.165, 1.54) is 0 Å². The minimum absolute atomic E-state index is 0.00137. The highest BCUT2D eigenvalue weighted by Gasteiger charge is 2.17. The summed E-state index contributed by atoms with van der Waals surface area (Å²) >= 11 is 0. The van der Waals surface area contributed by atoms with Crippen LogP contribution in [0, 0.1) is 13.8 Å². The van der Waals surface area contributed by atoms with Crippen LogP contribution in [0.15, 0.2) is 22.7 Å². The summed E-state index contributed by atoms with van der Waals surface area (Å²) in [5.41, 5.74) is 4.88. The molecule has 1 aromatic heterocycles. The Hall–Kier alpha value is -2.63. The molecule has 132 valence electrons. The number of nitrogens with one attached hydrogen (secondary N) is 2. The van der Waals surface area contributed by atoms with E-state index in [1.54, 1.807) is 0 Å². The number of amides is 2. The number of nitrogens with zero attached hydrogens (tertiary/aromatic N) is 1.